The quantitative estimate of drug-likeness (QED) is 0.910. The topological polar surface area (TPSA) is 74.3 Å². The highest BCUT2D eigenvalue weighted by molar-refractivity contribution is 6.09. The molecule has 24 heavy (non-hydrogen) atoms. The number of benzene rings is 1. The third-order valence-corrected chi connectivity index (χ3v) is 4.22. The van der Waals surface area contributed by atoms with Crippen molar-refractivity contribution in [2.45, 2.75) is 19.3 Å². The Morgan fingerprint density at radius 3 is 2.71 bits per heavy atom. The van der Waals surface area contributed by atoms with Crippen LogP contribution in [0.1, 0.15) is 29.8 Å². The predicted molar refractivity (Wildman–Crippen MR) is 94.6 cm³/mol. The molecule has 0 saturated carbocycles. The fourth-order valence-corrected chi connectivity index (χ4v) is 2.78. The van der Waals surface area contributed by atoms with E-state index in [0.29, 0.717) is 17.1 Å². The maximum absolute atomic E-state index is 12.6. The maximum Gasteiger partial charge on any atom is 0.259 e. The van der Waals surface area contributed by atoms with E-state index in [1.807, 2.05) is 40.1 Å². The monoisotopic (exact) mass is 324 g/mol. The van der Waals surface area contributed by atoms with Crippen LogP contribution < -0.4 is 15.5 Å². The van der Waals surface area contributed by atoms with E-state index in [-0.39, 0.29) is 11.8 Å². The minimum atomic E-state index is -0.612. The molecule has 0 radical (unpaired) electrons. The molecule has 0 spiro atoms. The van der Waals surface area contributed by atoms with Crippen LogP contribution in [-0.4, -0.2) is 30.9 Å². The first-order valence-corrected chi connectivity index (χ1v) is 7.70. The van der Waals surface area contributed by atoms with Crippen molar-refractivity contribution in [2.75, 3.05) is 29.6 Å². The molecule has 124 valence electrons. The second kappa shape index (κ2) is 5.63. The predicted octanol–water partition coefficient (Wildman–Crippen LogP) is 2.63. The minimum Gasteiger partial charge on any atom is -0.362 e. The number of carbonyl (C=O) groups excluding carboxylic acids is 2. The fraction of sp³-hybridized carbons (Fsp3) is 0.278. The molecule has 1 aromatic heterocycles. The fourth-order valence-electron chi connectivity index (χ4n) is 2.78. The van der Waals surface area contributed by atoms with E-state index in [2.05, 4.69) is 15.6 Å². The first-order valence-electron chi connectivity index (χ1n) is 7.70. The molecule has 0 unspecified atom stereocenters. The molecule has 2 aromatic rings. The number of rotatable bonds is 3. The Bertz CT molecular complexity index is 828. The van der Waals surface area contributed by atoms with Crippen LogP contribution in [0.25, 0.3) is 0 Å². The summed E-state index contributed by atoms with van der Waals surface area (Å²) in [5.41, 5.74) is 2.20. The van der Waals surface area contributed by atoms with Crippen LogP contribution in [0.4, 0.5) is 17.2 Å². The summed E-state index contributed by atoms with van der Waals surface area (Å²) in [6.07, 6.45) is 1.65. The zero-order valence-corrected chi connectivity index (χ0v) is 14.2. The number of fused-ring (bicyclic) bond motifs is 1. The van der Waals surface area contributed by atoms with Gasteiger partial charge in [-0.15, -0.1) is 0 Å². The molecular formula is C18H20N4O2. The number of hydrogen-bond acceptors (Lipinski definition) is 4. The van der Waals surface area contributed by atoms with Crippen molar-refractivity contribution in [3.05, 3.63) is 47.7 Å². The number of pyridine rings is 1. The molecule has 3 rings (SSSR count). The summed E-state index contributed by atoms with van der Waals surface area (Å²) in [7, 11) is 3.68. The first kappa shape index (κ1) is 16.0. The van der Waals surface area contributed by atoms with Crippen LogP contribution in [0.15, 0.2) is 36.5 Å². The number of aromatic nitrogens is 1. The number of nitrogens with one attached hydrogen (secondary N) is 2. The molecule has 2 heterocycles. The molecule has 1 aromatic carbocycles. The lowest BCUT2D eigenvalue weighted by Crippen LogP contribution is -2.27. The maximum atomic E-state index is 12.6. The summed E-state index contributed by atoms with van der Waals surface area (Å²) in [6, 6.07) is 8.91. The Labute approximate surface area is 140 Å². The second-order valence-electron chi connectivity index (χ2n) is 6.56. The van der Waals surface area contributed by atoms with Crippen LogP contribution in [-0.2, 0) is 10.2 Å². The van der Waals surface area contributed by atoms with Crippen molar-refractivity contribution in [1.29, 1.82) is 0 Å². The lowest BCUT2D eigenvalue weighted by Gasteiger charge is -2.17. The van der Waals surface area contributed by atoms with E-state index in [1.165, 1.54) is 0 Å². The molecule has 6 heteroatoms. The summed E-state index contributed by atoms with van der Waals surface area (Å²) < 4.78 is 0. The highest BCUT2D eigenvalue weighted by atomic mass is 16.2. The largest absolute Gasteiger partial charge is 0.362 e. The number of anilines is 3. The molecule has 1 aliphatic heterocycles. The van der Waals surface area contributed by atoms with Crippen LogP contribution in [0.2, 0.25) is 0 Å². The van der Waals surface area contributed by atoms with Crippen molar-refractivity contribution in [2.24, 2.45) is 0 Å². The molecule has 6 nitrogen and oxygen atoms in total. The van der Waals surface area contributed by atoms with Gasteiger partial charge in [0.25, 0.3) is 5.91 Å². The summed E-state index contributed by atoms with van der Waals surface area (Å²) in [4.78, 5) is 30.7. The standard InChI is InChI=1S/C18H20N4O2/c1-18(2)13-10-11(7-8-14(13)21-17(18)24)20-16(23)12-6-5-9-19-15(12)22(3)4/h5-10H,1-4H3,(H,20,23)(H,21,24). The zero-order chi connectivity index (χ0) is 17.5. The molecule has 0 fully saturated rings. The van der Waals surface area contributed by atoms with Crippen LogP contribution in [0.3, 0.4) is 0 Å². The molecule has 2 amide bonds. The zero-order valence-electron chi connectivity index (χ0n) is 14.2. The van der Waals surface area contributed by atoms with Gasteiger partial charge in [0.1, 0.15) is 5.82 Å². The number of nitrogens with zero attached hydrogens (tertiary/aromatic N) is 2. The molecule has 2 N–H and O–H groups in total. The van der Waals surface area contributed by atoms with Crippen molar-refractivity contribution in [3.63, 3.8) is 0 Å². The molecule has 0 aliphatic carbocycles. The number of amides is 2. The van der Waals surface area contributed by atoms with E-state index in [4.69, 9.17) is 0 Å². The normalized spacial score (nSPS) is 14.8. The second-order valence-corrected chi connectivity index (χ2v) is 6.56. The Morgan fingerprint density at radius 1 is 1.25 bits per heavy atom. The van der Waals surface area contributed by atoms with Gasteiger partial charge in [-0.1, -0.05) is 0 Å². The average Bonchev–Trinajstić information content (AvgIpc) is 2.77. The number of carbonyl (C=O) groups is 2. The Morgan fingerprint density at radius 2 is 2.00 bits per heavy atom. The first-order chi connectivity index (χ1) is 11.3. The van der Waals surface area contributed by atoms with Crippen LogP contribution in [0.5, 0.6) is 0 Å². The van der Waals surface area contributed by atoms with Crippen molar-refractivity contribution >= 4 is 29.0 Å². The van der Waals surface area contributed by atoms with Gasteiger partial charge in [-0.05, 0) is 49.7 Å². The van der Waals surface area contributed by atoms with Gasteiger partial charge >= 0.3 is 0 Å². The highest BCUT2D eigenvalue weighted by Crippen LogP contribution is 2.38. The van der Waals surface area contributed by atoms with Gasteiger partial charge in [-0.3, -0.25) is 9.59 Å². The van der Waals surface area contributed by atoms with Gasteiger partial charge in [-0.25, -0.2) is 4.98 Å². The number of hydrogen-bond donors (Lipinski definition) is 2. The molecule has 0 saturated heterocycles. The lowest BCUT2D eigenvalue weighted by molar-refractivity contribution is -0.119. The molecule has 0 bridgehead atoms. The Balaban J connectivity index is 1.90. The molecule has 1 aliphatic rings. The van der Waals surface area contributed by atoms with Crippen molar-refractivity contribution in [3.8, 4) is 0 Å². The van der Waals surface area contributed by atoms with E-state index in [9.17, 15) is 9.59 Å². The van der Waals surface area contributed by atoms with Crippen molar-refractivity contribution in [1.82, 2.24) is 4.98 Å². The van der Waals surface area contributed by atoms with Gasteiger partial charge in [0.15, 0.2) is 0 Å². The Kier molecular flexibility index (Phi) is 3.75. The van der Waals surface area contributed by atoms with E-state index < -0.39 is 5.41 Å². The van der Waals surface area contributed by atoms with E-state index in [1.54, 1.807) is 29.3 Å². The van der Waals surface area contributed by atoms with Crippen LogP contribution in [0, 0.1) is 0 Å². The summed E-state index contributed by atoms with van der Waals surface area (Å²) in [5.74, 6) is 0.332. The third-order valence-electron chi connectivity index (χ3n) is 4.22. The summed E-state index contributed by atoms with van der Waals surface area (Å²) in [6.45, 7) is 3.73. The van der Waals surface area contributed by atoms with Gasteiger partial charge in [0.2, 0.25) is 5.91 Å². The van der Waals surface area contributed by atoms with Gasteiger partial charge < -0.3 is 15.5 Å². The third kappa shape index (κ3) is 2.60. The minimum absolute atomic E-state index is 0.0388. The van der Waals surface area contributed by atoms with Gasteiger partial charge in [0.05, 0.1) is 11.0 Å². The SMILES string of the molecule is CN(C)c1ncccc1C(=O)Nc1ccc2c(c1)C(C)(C)C(=O)N2. The highest BCUT2D eigenvalue weighted by Gasteiger charge is 2.38. The average molecular weight is 324 g/mol. The smallest absolute Gasteiger partial charge is 0.259 e. The lowest BCUT2D eigenvalue weighted by atomic mass is 9.86. The molecular weight excluding hydrogens is 304 g/mol. The Hall–Kier alpha value is -2.89. The summed E-state index contributed by atoms with van der Waals surface area (Å²) >= 11 is 0. The molecule has 0 atom stereocenters. The van der Waals surface area contributed by atoms with Crippen LogP contribution >= 0.6 is 0 Å². The van der Waals surface area contributed by atoms with Gasteiger partial charge in [0, 0.05) is 31.7 Å². The van der Waals surface area contributed by atoms with Crippen molar-refractivity contribution < 1.29 is 9.59 Å². The van der Waals surface area contributed by atoms with Gasteiger partial charge in [-0.2, -0.15) is 0 Å². The van der Waals surface area contributed by atoms with E-state index in [0.717, 1.165) is 11.3 Å². The summed E-state index contributed by atoms with van der Waals surface area (Å²) in [5, 5.41) is 5.75. The van der Waals surface area contributed by atoms with E-state index >= 15 is 0 Å².